The minimum absolute atomic E-state index is 0.0132. The maximum atomic E-state index is 13.3. The molecular weight excluding hydrogens is 1120 g/mol. The second-order valence-corrected chi connectivity index (χ2v) is 19.5. The van der Waals surface area contributed by atoms with Crippen molar-refractivity contribution in [2.24, 2.45) is 49.3 Å². The van der Waals surface area contributed by atoms with Crippen molar-refractivity contribution >= 4 is 99.5 Å². The predicted octanol–water partition coefficient (Wildman–Crippen LogP) is 1.19. The Hall–Kier alpha value is -11.2. The van der Waals surface area contributed by atoms with Gasteiger partial charge in [-0.3, -0.25) is 53.4 Å². The van der Waals surface area contributed by atoms with Crippen molar-refractivity contribution in [3.63, 3.8) is 0 Å². The Morgan fingerprint density at radius 3 is 1.29 bits per heavy atom. The first-order valence-corrected chi connectivity index (χ1v) is 26.7. The number of ether oxygens (including phenoxy) is 1. The molecule has 0 atom stereocenters. The van der Waals surface area contributed by atoms with Gasteiger partial charge in [-0.2, -0.15) is 0 Å². The molecule has 454 valence electrons. The fourth-order valence-electron chi connectivity index (χ4n) is 8.47. The normalized spacial score (nSPS) is 10.8. The molecule has 0 aliphatic heterocycles. The number of rotatable bonds is 27. The van der Waals surface area contributed by atoms with Gasteiger partial charge in [-0.05, 0) is 31.5 Å². The number of carbonyl (C=O) groups is 10. The van der Waals surface area contributed by atoms with Crippen LogP contribution in [0.1, 0.15) is 113 Å². The quantitative estimate of drug-likeness (QED) is 0.0196. The first-order valence-electron chi connectivity index (χ1n) is 26.7. The first kappa shape index (κ1) is 62.5. The predicted molar refractivity (Wildman–Crippen MR) is 311 cm³/mol. The molecule has 0 aliphatic carbocycles. The maximum Gasteiger partial charge on any atom is 0.291 e. The molecule has 7 rings (SSSR count). The molecule has 0 aliphatic rings. The van der Waals surface area contributed by atoms with Crippen LogP contribution in [0, 0.1) is 5.41 Å². The van der Waals surface area contributed by atoms with E-state index in [4.69, 9.17) is 10.1 Å². The molecule has 7 aromatic heterocycles. The molecule has 11 N–H and O–H groups in total. The van der Waals surface area contributed by atoms with Crippen molar-refractivity contribution in [1.29, 1.82) is 5.41 Å². The van der Waals surface area contributed by atoms with Crippen LogP contribution < -0.4 is 53.2 Å². The molecule has 7 aromatic rings. The van der Waals surface area contributed by atoms with Crippen LogP contribution in [0.3, 0.4) is 0 Å². The fourth-order valence-corrected chi connectivity index (χ4v) is 8.47. The molecule has 0 saturated carbocycles. The molecule has 0 spiro atoms. The van der Waals surface area contributed by atoms with E-state index >= 15 is 0 Å². The SMILES string of the molecule is CCOC(=N)CCNC(=O)c1nc(NC(=O)c2cc(NC(=O)CCNC(=O)c3nc(NC(=O)CCCNC(=O)c4cc(NC(=O)c5nc(NC(=O)CCNC(=O)c6cc(NC(=O)c7nccn7C)cn6C)cn5C)cn4C)cn3C)cn2C)cn1C. The zero-order chi connectivity index (χ0) is 62.4. The number of aromatic nitrogens is 11. The van der Waals surface area contributed by atoms with Gasteiger partial charge in [0.25, 0.3) is 41.4 Å². The lowest BCUT2D eigenvalue weighted by Crippen LogP contribution is -2.29. The van der Waals surface area contributed by atoms with E-state index in [-0.39, 0.29) is 128 Å². The molecule has 0 fully saturated rings. The average molecular weight is 1190 g/mol. The summed E-state index contributed by atoms with van der Waals surface area (Å²) in [5.41, 5.74) is 1.59. The number of anilines is 6. The Morgan fingerprint density at radius 2 is 0.814 bits per heavy atom. The zero-order valence-electron chi connectivity index (χ0n) is 48.3. The average Bonchev–Trinajstić information content (AvgIpc) is 3.11. The summed E-state index contributed by atoms with van der Waals surface area (Å²) in [5.74, 6) is -4.60. The van der Waals surface area contributed by atoms with Gasteiger partial charge in [0.2, 0.25) is 35.2 Å². The molecule has 0 saturated heterocycles. The fraction of sp³-hybridized carbons (Fsp3) is 0.340. The van der Waals surface area contributed by atoms with Crippen LogP contribution in [-0.2, 0) is 68.5 Å². The number of carbonyl (C=O) groups excluding carboxylic acids is 10. The number of hydrogen-bond donors (Lipinski definition) is 11. The van der Waals surface area contributed by atoms with E-state index in [1.165, 1.54) is 82.8 Å². The summed E-state index contributed by atoms with van der Waals surface area (Å²) < 4.78 is 15.4. The third kappa shape index (κ3) is 16.5. The third-order valence-corrected chi connectivity index (χ3v) is 12.6. The minimum Gasteiger partial charge on any atom is -0.481 e. The Morgan fingerprint density at radius 1 is 0.419 bits per heavy atom. The van der Waals surface area contributed by atoms with Gasteiger partial charge in [-0.15, -0.1) is 0 Å². The van der Waals surface area contributed by atoms with E-state index in [9.17, 15) is 47.9 Å². The Balaban J connectivity index is 0.771. The number of aryl methyl sites for hydroxylation is 7. The second-order valence-electron chi connectivity index (χ2n) is 19.5. The van der Waals surface area contributed by atoms with E-state index in [0.29, 0.717) is 18.0 Å². The highest BCUT2D eigenvalue weighted by atomic mass is 16.5. The minimum atomic E-state index is -0.632. The second kappa shape index (κ2) is 28.2. The summed E-state index contributed by atoms with van der Waals surface area (Å²) in [6, 6.07) is 4.40. The van der Waals surface area contributed by atoms with E-state index in [0.717, 1.165) is 0 Å². The number of nitrogens with zero attached hydrogens (tertiary/aromatic N) is 11. The first-order chi connectivity index (χ1) is 41.0. The Bertz CT molecular complexity index is 3730. The van der Waals surface area contributed by atoms with Gasteiger partial charge in [-0.25, -0.2) is 19.9 Å². The lowest BCUT2D eigenvalue weighted by Gasteiger charge is -2.06. The van der Waals surface area contributed by atoms with Crippen molar-refractivity contribution in [1.82, 2.24) is 73.2 Å². The lowest BCUT2D eigenvalue weighted by atomic mass is 10.3. The van der Waals surface area contributed by atoms with Gasteiger partial charge < -0.3 is 89.9 Å². The van der Waals surface area contributed by atoms with E-state index in [1.54, 1.807) is 73.2 Å². The van der Waals surface area contributed by atoms with Crippen molar-refractivity contribution in [3.05, 3.63) is 108 Å². The number of nitrogens with one attached hydrogen (secondary N) is 11. The van der Waals surface area contributed by atoms with Crippen molar-refractivity contribution in [2.75, 3.05) is 64.7 Å². The van der Waals surface area contributed by atoms with Gasteiger partial charge in [0.15, 0.2) is 29.2 Å². The largest absolute Gasteiger partial charge is 0.481 e. The molecule has 10 amide bonds. The van der Waals surface area contributed by atoms with Gasteiger partial charge in [0, 0.05) is 151 Å². The highest BCUT2D eigenvalue weighted by molar-refractivity contribution is 6.06. The van der Waals surface area contributed by atoms with Gasteiger partial charge in [0.1, 0.15) is 17.1 Å². The smallest absolute Gasteiger partial charge is 0.291 e. The molecule has 86 heavy (non-hydrogen) atoms. The molecule has 33 nitrogen and oxygen atoms in total. The topological polar surface area (TPSA) is 410 Å². The van der Waals surface area contributed by atoms with Crippen LogP contribution >= 0.6 is 0 Å². The van der Waals surface area contributed by atoms with Crippen LogP contribution in [0.4, 0.5) is 34.5 Å². The summed E-state index contributed by atoms with van der Waals surface area (Å²) in [6.45, 7) is 2.28. The maximum absolute atomic E-state index is 13.3. The number of imidazole rings is 4. The molecular formula is C53H66N22O11. The summed E-state index contributed by atoms with van der Waals surface area (Å²) >= 11 is 0. The standard InChI is InChI=1S/C53H66N22O11/c1-9-86-36(54)12-16-58-50(82)45-67-39(29-74(45)7)68-49(81)35-21-30(24-72(35)5)60-41(77)13-18-59-51(83)44-65-37(27-73(44)6)63-40(76)11-10-15-56-47(79)33-23-32(26-70(33)3)62-53(85)46-66-38(28-75(46)8)64-42(78)14-17-57-48(80)34-22-31(25-71(34)4)61-52(84)43-55-19-20-69(43)2/h19-29,54H,9-18H2,1-8H3,(H,56,79)(H,57,80)(H,58,82)(H,59,83)(H,60,77)(H,61,84)(H,62,85)(H,63,76)(H,64,78)(H,68,81). The summed E-state index contributed by atoms with van der Waals surface area (Å²) in [6.07, 6.45) is 12.3. The molecule has 0 unspecified atom stereocenters. The van der Waals surface area contributed by atoms with Gasteiger partial charge in [0.05, 0.1) is 23.7 Å². The molecule has 7 heterocycles. The Kier molecular flexibility index (Phi) is 20.5. The molecule has 33 heteroatoms. The van der Waals surface area contributed by atoms with E-state index < -0.39 is 59.1 Å². The van der Waals surface area contributed by atoms with Crippen LogP contribution in [-0.4, -0.2) is 150 Å². The van der Waals surface area contributed by atoms with Crippen LogP contribution in [0.15, 0.2) is 67.8 Å². The monoisotopic (exact) mass is 1190 g/mol. The summed E-state index contributed by atoms with van der Waals surface area (Å²) in [7, 11) is 11.2. The van der Waals surface area contributed by atoms with Crippen LogP contribution in [0.2, 0.25) is 0 Å². The van der Waals surface area contributed by atoms with Gasteiger partial charge >= 0.3 is 0 Å². The Labute approximate surface area is 490 Å². The van der Waals surface area contributed by atoms with Crippen molar-refractivity contribution in [3.8, 4) is 0 Å². The van der Waals surface area contributed by atoms with Crippen LogP contribution in [0.25, 0.3) is 0 Å². The zero-order valence-corrected chi connectivity index (χ0v) is 48.3. The van der Waals surface area contributed by atoms with E-state index in [2.05, 4.69) is 73.1 Å². The highest BCUT2D eigenvalue weighted by Gasteiger charge is 2.23. The van der Waals surface area contributed by atoms with E-state index in [1.807, 2.05) is 0 Å². The molecule has 0 aromatic carbocycles. The summed E-state index contributed by atoms with van der Waals surface area (Å²) in [4.78, 5) is 146. The van der Waals surface area contributed by atoms with Crippen LogP contribution in [0.5, 0.6) is 0 Å². The number of amides is 10. The lowest BCUT2D eigenvalue weighted by molar-refractivity contribution is -0.117. The highest BCUT2D eigenvalue weighted by Crippen LogP contribution is 2.19. The van der Waals surface area contributed by atoms with Gasteiger partial charge in [-0.1, -0.05) is 0 Å². The number of hydrogen-bond acceptors (Lipinski definition) is 16. The summed E-state index contributed by atoms with van der Waals surface area (Å²) in [5, 5.41) is 34.3. The van der Waals surface area contributed by atoms with Crippen molar-refractivity contribution < 1.29 is 52.7 Å². The third-order valence-electron chi connectivity index (χ3n) is 12.6. The molecule has 0 bridgehead atoms. The molecule has 0 radical (unpaired) electrons. The van der Waals surface area contributed by atoms with Crippen molar-refractivity contribution in [2.45, 2.75) is 39.0 Å².